The Hall–Kier alpha value is -1.92. The van der Waals surface area contributed by atoms with E-state index in [0.29, 0.717) is 19.4 Å². The Kier molecular flexibility index (Phi) is 70.9. The minimum Gasteiger partial charge on any atom is -0.466 e. The third-order valence-electron chi connectivity index (χ3n) is 17.6. The molecule has 2 unspecified atom stereocenters. The van der Waals surface area contributed by atoms with Crippen LogP contribution in [0.15, 0.2) is 36.5 Å². The topological polar surface area (TPSA) is 95.9 Å². The summed E-state index contributed by atoms with van der Waals surface area (Å²) in [6.07, 6.45) is 93.8. The average molecular weight is 1170 g/mol. The summed E-state index contributed by atoms with van der Waals surface area (Å²) in [6, 6.07) is -0.635. The number of aliphatic hydroxyl groups excluding tert-OH is 2. The van der Waals surface area contributed by atoms with E-state index in [1.165, 1.54) is 340 Å². The summed E-state index contributed by atoms with van der Waals surface area (Å²) < 4.78 is 5.50. The lowest BCUT2D eigenvalue weighted by Gasteiger charge is -2.20. The van der Waals surface area contributed by atoms with Gasteiger partial charge in [0.1, 0.15) is 0 Å². The first-order valence-electron chi connectivity index (χ1n) is 37.8. The molecular weight excluding hydrogens is 1020 g/mol. The van der Waals surface area contributed by atoms with Gasteiger partial charge < -0.3 is 20.3 Å². The van der Waals surface area contributed by atoms with Crippen LogP contribution in [0, 0.1) is 0 Å². The van der Waals surface area contributed by atoms with E-state index in [2.05, 4.69) is 43.5 Å². The molecule has 1 amide bonds. The Morgan fingerprint density at radius 2 is 0.566 bits per heavy atom. The lowest BCUT2D eigenvalue weighted by Crippen LogP contribution is -2.45. The predicted octanol–water partition coefficient (Wildman–Crippen LogP) is 24.7. The van der Waals surface area contributed by atoms with Crippen LogP contribution in [0.2, 0.25) is 0 Å². The van der Waals surface area contributed by atoms with E-state index in [9.17, 15) is 19.8 Å². The quantitative estimate of drug-likeness (QED) is 0.0320. The maximum Gasteiger partial charge on any atom is 0.305 e. The van der Waals surface area contributed by atoms with Gasteiger partial charge in [-0.2, -0.15) is 0 Å². The Morgan fingerprint density at radius 1 is 0.325 bits per heavy atom. The van der Waals surface area contributed by atoms with E-state index in [0.717, 1.165) is 51.4 Å². The number of amides is 1. The highest BCUT2D eigenvalue weighted by atomic mass is 16.5. The second-order valence-electron chi connectivity index (χ2n) is 26.0. The molecule has 0 saturated heterocycles. The normalized spacial score (nSPS) is 12.7. The Balaban J connectivity index is 3.43. The molecule has 0 aromatic carbocycles. The Labute approximate surface area is 519 Å². The van der Waals surface area contributed by atoms with Gasteiger partial charge in [-0.05, 0) is 83.5 Å². The largest absolute Gasteiger partial charge is 0.466 e. The van der Waals surface area contributed by atoms with Gasteiger partial charge in [0, 0.05) is 12.8 Å². The molecule has 6 heteroatoms. The number of carbonyl (C=O) groups is 2. The van der Waals surface area contributed by atoms with Crippen molar-refractivity contribution in [1.82, 2.24) is 5.32 Å². The molecule has 3 N–H and O–H groups in total. The highest BCUT2D eigenvalue weighted by molar-refractivity contribution is 5.76. The van der Waals surface area contributed by atoms with E-state index in [1.54, 1.807) is 6.08 Å². The summed E-state index contributed by atoms with van der Waals surface area (Å²) in [5, 5.41) is 23.3. The fourth-order valence-corrected chi connectivity index (χ4v) is 11.9. The van der Waals surface area contributed by atoms with Crippen LogP contribution >= 0.6 is 0 Å². The number of ether oxygens (including phenoxy) is 1. The van der Waals surface area contributed by atoms with Gasteiger partial charge in [-0.25, -0.2) is 0 Å². The summed E-state index contributed by atoms with van der Waals surface area (Å²) in [6.45, 7) is 4.94. The number of nitrogens with one attached hydrogen (secondary N) is 1. The van der Waals surface area contributed by atoms with Gasteiger partial charge in [0.05, 0.1) is 25.4 Å². The van der Waals surface area contributed by atoms with Crippen LogP contribution in [0.5, 0.6) is 0 Å². The molecule has 2 atom stereocenters. The zero-order chi connectivity index (χ0) is 59.9. The van der Waals surface area contributed by atoms with Crippen molar-refractivity contribution in [2.45, 2.75) is 431 Å². The van der Waals surface area contributed by atoms with Crippen molar-refractivity contribution in [2.24, 2.45) is 0 Å². The molecule has 6 nitrogen and oxygen atoms in total. The monoisotopic (exact) mass is 1170 g/mol. The minimum atomic E-state index is -0.851. The third-order valence-corrected chi connectivity index (χ3v) is 17.6. The van der Waals surface area contributed by atoms with Crippen molar-refractivity contribution in [3.63, 3.8) is 0 Å². The molecule has 0 rings (SSSR count). The van der Waals surface area contributed by atoms with Crippen molar-refractivity contribution < 1.29 is 24.5 Å². The van der Waals surface area contributed by atoms with Crippen LogP contribution in [0.25, 0.3) is 0 Å². The molecule has 0 aliphatic heterocycles. The van der Waals surface area contributed by atoms with Gasteiger partial charge in [0.2, 0.25) is 5.91 Å². The zero-order valence-corrected chi connectivity index (χ0v) is 56.2. The van der Waals surface area contributed by atoms with Crippen molar-refractivity contribution in [3.05, 3.63) is 36.5 Å². The maximum atomic E-state index is 12.5. The van der Waals surface area contributed by atoms with Crippen LogP contribution in [0.3, 0.4) is 0 Å². The molecule has 0 radical (unpaired) electrons. The second-order valence-corrected chi connectivity index (χ2v) is 26.0. The first kappa shape index (κ1) is 81.1. The van der Waals surface area contributed by atoms with Gasteiger partial charge in [0.25, 0.3) is 0 Å². The highest BCUT2D eigenvalue weighted by Gasteiger charge is 2.18. The molecule has 0 heterocycles. The van der Waals surface area contributed by atoms with Gasteiger partial charge in [-0.1, -0.05) is 359 Å². The number of hydrogen-bond donors (Lipinski definition) is 3. The smallest absolute Gasteiger partial charge is 0.305 e. The SMILES string of the molecule is CCCCCCCCC/C=C\CCCCCCCCCC(=O)OCCCCCCCCCCCCCC/C=C\CCCCCCCCCC(=O)NC(CO)C(O)/C=C/CCCCCCCCCCCCCCCCCCCCCCCCC. The van der Waals surface area contributed by atoms with Gasteiger partial charge in [0.15, 0.2) is 0 Å². The average Bonchev–Trinajstić information content (AvgIpc) is 3.49. The van der Waals surface area contributed by atoms with Crippen LogP contribution in [0.1, 0.15) is 418 Å². The molecular formula is C77H147NO5. The lowest BCUT2D eigenvalue weighted by molar-refractivity contribution is -0.143. The number of carbonyl (C=O) groups excluding carboxylic acids is 2. The predicted molar refractivity (Wildman–Crippen MR) is 366 cm³/mol. The second kappa shape index (κ2) is 72.6. The summed E-state index contributed by atoms with van der Waals surface area (Å²) in [5.41, 5.74) is 0. The number of allylic oxidation sites excluding steroid dienone is 5. The van der Waals surface area contributed by atoms with Crippen molar-refractivity contribution in [2.75, 3.05) is 13.2 Å². The minimum absolute atomic E-state index is 0.00893. The van der Waals surface area contributed by atoms with Crippen molar-refractivity contribution >= 4 is 11.9 Å². The Bertz CT molecular complexity index is 1340. The zero-order valence-electron chi connectivity index (χ0n) is 56.2. The fourth-order valence-electron chi connectivity index (χ4n) is 11.9. The molecule has 0 aromatic heterocycles. The molecule has 0 aromatic rings. The lowest BCUT2D eigenvalue weighted by atomic mass is 10.0. The molecule has 490 valence electrons. The van der Waals surface area contributed by atoms with E-state index >= 15 is 0 Å². The standard InChI is InChI=1S/C77H147NO5/c1-3-5-7-9-11-13-15-17-19-21-23-24-25-26-28-31-34-37-41-45-49-53-57-61-65-69-75(80)74(73-79)78-76(81)70-66-62-58-54-50-46-42-38-35-32-29-27-30-33-36-40-44-48-52-56-60-64-68-72-83-77(82)71-67-63-59-55-51-47-43-39-22-20-18-16-14-12-10-8-6-4-2/h20,22,32,35,65,69,74-75,79-80H,3-19,21,23-31,33-34,36-64,66-68,70-73H2,1-2H3,(H,78,81)/b22-20-,35-32-,69-65+. The Morgan fingerprint density at radius 3 is 0.855 bits per heavy atom. The molecule has 83 heavy (non-hydrogen) atoms. The number of rotatable bonds is 71. The highest BCUT2D eigenvalue weighted by Crippen LogP contribution is 2.19. The number of hydrogen-bond acceptors (Lipinski definition) is 5. The van der Waals surface area contributed by atoms with Crippen molar-refractivity contribution in [1.29, 1.82) is 0 Å². The molecule has 0 aliphatic carbocycles. The van der Waals surface area contributed by atoms with E-state index in [-0.39, 0.29) is 18.5 Å². The fraction of sp³-hybridized carbons (Fsp3) is 0.896. The van der Waals surface area contributed by atoms with Gasteiger partial charge in [-0.15, -0.1) is 0 Å². The number of aliphatic hydroxyl groups is 2. The first-order chi connectivity index (χ1) is 41.0. The van der Waals surface area contributed by atoms with Crippen LogP contribution in [-0.4, -0.2) is 47.4 Å². The summed E-state index contributed by atoms with van der Waals surface area (Å²) in [7, 11) is 0. The molecule has 0 spiro atoms. The van der Waals surface area contributed by atoms with Crippen LogP contribution in [-0.2, 0) is 14.3 Å². The van der Waals surface area contributed by atoms with Gasteiger partial charge in [-0.3, -0.25) is 9.59 Å². The van der Waals surface area contributed by atoms with Crippen LogP contribution in [0.4, 0.5) is 0 Å². The van der Waals surface area contributed by atoms with E-state index in [4.69, 9.17) is 4.74 Å². The first-order valence-corrected chi connectivity index (χ1v) is 37.8. The third kappa shape index (κ3) is 69.1. The summed E-state index contributed by atoms with van der Waals surface area (Å²) in [4.78, 5) is 24.7. The summed E-state index contributed by atoms with van der Waals surface area (Å²) >= 11 is 0. The van der Waals surface area contributed by atoms with Crippen molar-refractivity contribution in [3.8, 4) is 0 Å². The molecule has 0 aliphatic rings. The van der Waals surface area contributed by atoms with Gasteiger partial charge >= 0.3 is 5.97 Å². The molecule has 0 bridgehead atoms. The maximum absolute atomic E-state index is 12.5. The molecule has 0 saturated carbocycles. The number of unbranched alkanes of at least 4 members (excludes halogenated alkanes) is 56. The number of esters is 1. The van der Waals surface area contributed by atoms with Crippen LogP contribution < -0.4 is 5.32 Å². The van der Waals surface area contributed by atoms with E-state index in [1.807, 2.05) is 6.08 Å². The van der Waals surface area contributed by atoms with E-state index < -0.39 is 12.1 Å². The molecule has 0 fully saturated rings. The summed E-state index contributed by atoms with van der Waals surface area (Å²) in [5.74, 6) is -0.0610.